The van der Waals surface area contributed by atoms with Crippen LogP contribution in [0.5, 0.6) is 0 Å². The van der Waals surface area contributed by atoms with E-state index in [9.17, 15) is 13.6 Å². The summed E-state index contributed by atoms with van der Waals surface area (Å²) in [5.74, 6) is -4.28. The van der Waals surface area contributed by atoms with E-state index in [-0.39, 0.29) is 12.0 Å². The second-order valence-corrected chi connectivity index (χ2v) is 5.32. The molecule has 1 fully saturated rings. The third kappa shape index (κ3) is 1.86. The summed E-state index contributed by atoms with van der Waals surface area (Å²) in [5.41, 5.74) is -1.19. The maximum Gasteiger partial charge on any atom is 0.266 e. The highest BCUT2D eigenvalue weighted by Gasteiger charge is 2.78. The number of nitrogens with one attached hydrogen (secondary N) is 1. The standard InChI is InChI=1S/C11H19F2NO/c1-6(2)7(3)14-9(15)8-10(4,5)11(8,12)13/h6-8H,1-5H3,(H,14,15)/t7-,8-/m1/s1. The second-order valence-electron chi connectivity index (χ2n) is 5.32. The van der Waals surface area contributed by atoms with Crippen LogP contribution in [-0.4, -0.2) is 17.9 Å². The van der Waals surface area contributed by atoms with E-state index in [2.05, 4.69) is 5.32 Å². The first-order valence-corrected chi connectivity index (χ1v) is 5.30. The zero-order valence-electron chi connectivity index (χ0n) is 9.90. The normalized spacial score (nSPS) is 28.7. The van der Waals surface area contributed by atoms with E-state index < -0.39 is 23.2 Å². The number of amides is 1. The highest BCUT2D eigenvalue weighted by atomic mass is 19.3. The molecular weight excluding hydrogens is 200 g/mol. The monoisotopic (exact) mass is 219 g/mol. The predicted molar refractivity (Wildman–Crippen MR) is 54.7 cm³/mol. The summed E-state index contributed by atoms with van der Waals surface area (Å²) in [4.78, 5) is 11.6. The van der Waals surface area contributed by atoms with Gasteiger partial charge in [0.15, 0.2) is 0 Å². The van der Waals surface area contributed by atoms with E-state index in [1.165, 1.54) is 13.8 Å². The quantitative estimate of drug-likeness (QED) is 0.776. The SMILES string of the molecule is CC(C)[C@@H](C)NC(=O)[C@@H]1C(C)(C)C1(F)F. The minimum Gasteiger partial charge on any atom is -0.353 e. The minimum atomic E-state index is -2.85. The first-order valence-electron chi connectivity index (χ1n) is 5.30. The molecule has 0 aromatic heterocycles. The minimum absolute atomic E-state index is 0.0651. The topological polar surface area (TPSA) is 29.1 Å². The van der Waals surface area contributed by atoms with Gasteiger partial charge in [0.25, 0.3) is 5.92 Å². The zero-order valence-corrected chi connectivity index (χ0v) is 9.90. The van der Waals surface area contributed by atoms with Crippen LogP contribution in [0.1, 0.15) is 34.6 Å². The Bertz CT molecular complexity index is 260. The van der Waals surface area contributed by atoms with Crippen LogP contribution in [0.3, 0.4) is 0 Å². The molecule has 1 rings (SSSR count). The van der Waals surface area contributed by atoms with Crippen LogP contribution >= 0.6 is 0 Å². The summed E-state index contributed by atoms with van der Waals surface area (Å²) in [7, 11) is 0. The summed E-state index contributed by atoms with van der Waals surface area (Å²) in [6, 6.07) is -0.0651. The molecular formula is C11H19F2NO. The maximum absolute atomic E-state index is 13.2. The third-order valence-electron chi connectivity index (χ3n) is 3.49. The number of rotatable bonds is 3. The molecule has 2 nitrogen and oxygen atoms in total. The summed E-state index contributed by atoms with van der Waals surface area (Å²) in [6.07, 6.45) is 0. The largest absolute Gasteiger partial charge is 0.353 e. The number of carbonyl (C=O) groups is 1. The van der Waals surface area contributed by atoms with Gasteiger partial charge in [-0.3, -0.25) is 4.79 Å². The lowest BCUT2D eigenvalue weighted by Crippen LogP contribution is -2.38. The lowest BCUT2D eigenvalue weighted by Gasteiger charge is -2.17. The molecule has 1 amide bonds. The summed E-state index contributed by atoms with van der Waals surface area (Å²) >= 11 is 0. The van der Waals surface area contributed by atoms with Crippen LogP contribution in [0.4, 0.5) is 8.78 Å². The fraction of sp³-hybridized carbons (Fsp3) is 0.909. The molecule has 88 valence electrons. The number of halogens is 2. The molecule has 0 radical (unpaired) electrons. The molecule has 0 saturated heterocycles. The van der Waals surface area contributed by atoms with E-state index in [1.54, 1.807) is 0 Å². The van der Waals surface area contributed by atoms with Crippen LogP contribution in [0, 0.1) is 17.3 Å². The maximum atomic E-state index is 13.2. The van der Waals surface area contributed by atoms with Crippen LogP contribution < -0.4 is 5.32 Å². The molecule has 1 aliphatic carbocycles. The lowest BCUT2D eigenvalue weighted by molar-refractivity contribution is -0.125. The van der Waals surface area contributed by atoms with Gasteiger partial charge in [-0.25, -0.2) is 8.78 Å². The van der Waals surface area contributed by atoms with Gasteiger partial charge in [-0.05, 0) is 12.8 Å². The molecule has 0 aromatic carbocycles. The fourth-order valence-electron chi connectivity index (χ4n) is 1.62. The van der Waals surface area contributed by atoms with Crippen molar-refractivity contribution in [1.29, 1.82) is 0 Å². The first-order chi connectivity index (χ1) is 6.62. The van der Waals surface area contributed by atoms with Gasteiger partial charge in [-0.15, -0.1) is 0 Å². The molecule has 1 saturated carbocycles. The second kappa shape index (κ2) is 3.42. The van der Waals surface area contributed by atoms with E-state index in [0.717, 1.165) is 0 Å². The molecule has 1 N–H and O–H groups in total. The zero-order chi connectivity index (χ0) is 12.0. The van der Waals surface area contributed by atoms with Crippen molar-refractivity contribution in [2.75, 3.05) is 0 Å². The first kappa shape index (κ1) is 12.4. The predicted octanol–water partition coefficient (Wildman–Crippen LogP) is 2.44. The summed E-state index contributed by atoms with van der Waals surface area (Å²) < 4.78 is 26.4. The highest BCUT2D eigenvalue weighted by Crippen LogP contribution is 2.65. The Balaban J connectivity index is 2.59. The molecule has 0 bridgehead atoms. The van der Waals surface area contributed by atoms with E-state index in [4.69, 9.17) is 0 Å². The van der Waals surface area contributed by atoms with Crippen molar-refractivity contribution < 1.29 is 13.6 Å². The third-order valence-corrected chi connectivity index (χ3v) is 3.49. The Hall–Kier alpha value is -0.670. The van der Waals surface area contributed by atoms with E-state index in [1.807, 2.05) is 20.8 Å². The molecule has 4 heteroatoms. The Kier molecular flexibility index (Phi) is 2.83. The fourth-order valence-corrected chi connectivity index (χ4v) is 1.62. The molecule has 0 spiro atoms. The average Bonchev–Trinajstić information content (AvgIpc) is 2.41. The van der Waals surface area contributed by atoms with Gasteiger partial charge in [0.2, 0.25) is 5.91 Å². The van der Waals surface area contributed by atoms with Gasteiger partial charge in [-0.2, -0.15) is 0 Å². The lowest BCUT2D eigenvalue weighted by atomic mass is 10.1. The Morgan fingerprint density at radius 1 is 1.27 bits per heavy atom. The van der Waals surface area contributed by atoms with Crippen molar-refractivity contribution in [2.24, 2.45) is 17.3 Å². The van der Waals surface area contributed by atoms with Gasteiger partial charge >= 0.3 is 0 Å². The number of alkyl halides is 2. The molecule has 0 heterocycles. The number of hydrogen-bond acceptors (Lipinski definition) is 1. The van der Waals surface area contributed by atoms with Gasteiger partial charge in [0, 0.05) is 11.5 Å². The molecule has 2 atom stereocenters. The van der Waals surface area contributed by atoms with Gasteiger partial charge < -0.3 is 5.32 Å². The van der Waals surface area contributed by atoms with E-state index in [0.29, 0.717) is 0 Å². The van der Waals surface area contributed by atoms with Crippen molar-refractivity contribution in [1.82, 2.24) is 5.32 Å². The molecule has 0 aromatic rings. The van der Waals surface area contributed by atoms with E-state index >= 15 is 0 Å². The smallest absolute Gasteiger partial charge is 0.266 e. The van der Waals surface area contributed by atoms with Crippen LogP contribution in [0.15, 0.2) is 0 Å². The van der Waals surface area contributed by atoms with Crippen molar-refractivity contribution >= 4 is 5.91 Å². The highest BCUT2D eigenvalue weighted by molar-refractivity contribution is 5.84. The van der Waals surface area contributed by atoms with Crippen LogP contribution in [0.2, 0.25) is 0 Å². The van der Waals surface area contributed by atoms with Crippen LogP contribution in [0.25, 0.3) is 0 Å². The Labute approximate surface area is 89.4 Å². The van der Waals surface area contributed by atoms with Gasteiger partial charge in [0.1, 0.15) is 5.92 Å². The molecule has 0 unspecified atom stereocenters. The van der Waals surface area contributed by atoms with Crippen molar-refractivity contribution in [3.63, 3.8) is 0 Å². The van der Waals surface area contributed by atoms with Gasteiger partial charge in [-0.1, -0.05) is 27.7 Å². The van der Waals surface area contributed by atoms with Crippen molar-refractivity contribution in [2.45, 2.75) is 46.6 Å². The number of carbonyl (C=O) groups excluding carboxylic acids is 1. The molecule has 1 aliphatic rings. The molecule has 15 heavy (non-hydrogen) atoms. The summed E-state index contributed by atoms with van der Waals surface area (Å²) in [6.45, 7) is 8.58. The van der Waals surface area contributed by atoms with Gasteiger partial charge in [0.05, 0.1) is 0 Å². The molecule has 0 aliphatic heterocycles. The van der Waals surface area contributed by atoms with Crippen LogP contribution in [-0.2, 0) is 4.79 Å². The van der Waals surface area contributed by atoms with Crippen molar-refractivity contribution in [3.05, 3.63) is 0 Å². The number of hydrogen-bond donors (Lipinski definition) is 1. The Morgan fingerprint density at radius 3 is 1.93 bits per heavy atom. The Morgan fingerprint density at radius 2 is 1.67 bits per heavy atom. The summed E-state index contributed by atoms with van der Waals surface area (Å²) in [5, 5.41) is 2.63. The van der Waals surface area contributed by atoms with Crippen molar-refractivity contribution in [3.8, 4) is 0 Å². The average molecular weight is 219 g/mol.